The highest BCUT2D eigenvalue weighted by atomic mass is 19.1. The van der Waals surface area contributed by atoms with E-state index in [2.05, 4.69) is 29.0 Å². The van der Waals surface area contributed by atoms with Crippen molar-refractivity contribution < 1.29 is 4.39 Å². The first-order valence-corrected chi connectivity index (χ1v) is 7.80. The van der Waals surface area contributed by atoms with Gasteiger partial charge in [-0.05, 0) is 63.5 Å². The molecule has 1 unspecified atom stereocenters. The van der Waals surface area contributed by atoms with Crippen LogP contribution in [0.4, 0.5) is 4.39 Å². The van der Waals surface area contributed by atoms with Crippen LogP contribution in [0.1, 0.15) is 44.8 Å². The fourth-order valence-corrected chi connectivity index (χ4v) is 3.06. The zero-order valence-electron chi connectivity index (χ0n) is 12.6. The molecule has 4 heteroatoms. The Bertz CT molecular complexity index is 385. The number of piperidine rings is 1. The predicted molar refractivity (Wildman–Crippen MR) is 80.1 cm³/mol. The van der Waals surface area contributed by atoms with E-state index in [9.17, 15) is 4.39 Å². The second-order valence-electron chi connectivity index (χ2n) is 5.61. The number of pyridine rings is 1. The molecule has 1 aromatic heterocycles. The third-order valence-corrected chi connectivity index (χ3v) is 4.25. The van der Waals surface area contributed by atoms with E-state index in [1.807, 2.05) is 6.07 Å². The maximum absolute atomic E-state index is 13.0. The zero-order chi connectivity index (χ0) is 14.4. The van der Waals surface area contributed by atoms with E-state index in [-0.39, 0.29) is 5.82 Å². The van der Waals surface area contributed by atoms with Crippen molar-refractivity contribution in [2.24, 2.45) is 5.92 Å². The molecule has 112 valence electrons. The van der Waals surface area contributed by atoms with Gasteiger partial charge < -0.3 is 5.32 Å². The normalized spacial score (nSPS) is 19.1. The van der Waals surface area contributed by atoms with Crippen molar-refractivity contribution in [1.82, 2.24) is 15.2 Å². The number of hydrogen-bond acceptors (Lipinski definition) is 3. The van der Waals surface area contributed by atoms with Crippen molar-refractivity contribution in [1.29, 1.82) is 0 Å². The minimum Gasteiger partial charge on any atom is -0.317 e. The lowest BCUT2D eigenvalue weighted by molar-refractivity contribution is 0.126. The average Bonchev–Trinajstić information content (AvgIpc) is 2.49. The summed E-state index contributed by atoms with van der Waals surface area (Å²) >= 11 is 0. The van der Waals surface area contributed by atoms with Gasteiger partial charge in [0.2, 0.25) is 0 Å². The Kier molecular flexibility index (Phi) is 5.92. The summed E-state index contributed by atoms with van der Waals surface area (Å²) in [5.74, 6) is 0.540. The van der Waals surface area contributed by atoms with Crippen molar-refractivity contribution >= 4 is 0 Å². The molecular weight excluding hydrogens is 253 g/mol. The van der Waals surface area contributed by atoms with Crippen LogP contribution in [-0.2, 0) is 0 Å². The fraction of sp³-hybridized carbons (Fsp3) is 0.688. The van der Waals surface area contributed by atoms with Crippen LogP contribution in [0, 0.1) is 11.7 Å². The molecule has 1 N–H and O–H groups in total. The average molecular weight is 279 g/mol. The van der Waals surface area contributed by atoms with Gasteiger partial charge in [0.05, 0.1) is 17.9 Å². The molecule has 3 nitrogen and oxygen atoms in total. The molecule has 0 spiro atoms. The number of rotatable bonds is 6. The first-order valence-electron chi connectivity index (χ1n) is 7.80. The summed E-state index contributed by atoms with van der Waals surface area (Å²) in [5.41, 5.74) is 0.999. The molecule has 0 aromatic carbocycles. The van der Waals surface area contributed by atoms with Gasteiger partial charge in [-0.3, -0.25) is 9.88 Å². The predicted octanol–water partition coefficient (Wildman–Crippen LogP) is 2.99. The number of aromatic nitrogens is 1. The van der Waals surface area contributed by atoms with Gasteiger partial charge in [-0.15, -0.1) is 0 Å². The maximum atomic E-state index is 13.0. The van der Waals surface area contributed by atoms with E-state index < -0.39 is 0 Å². The van der Waals surface area contributed by atoms with E-state index in [1.54, 1.807) is 0 Å². The van der Waals surface area contributed by atoms with Gasteiger partial charge in [0.25, 0.3) is 0 Å². The molecule has 0 bridgehead atoms. The van der Waals surface area contributed by atoms with Gasteiger partial charge >= 0.3 is 0 Å². The van der Waals surface area contributed by atoms with Gasteiger partial charge in [-0.2, -0.15) is 0 Å². The monoisotopic (exact) mass is 279 g/mol. The topological polar surface area (TPSA) is 28.2 Å². The Balaban J connectivity index is 1.91. The van der Waals surface area contributed by atoms with Crippen LogP contribution in [0.3, 0.4) is 0 Å². The molecule has 1 saturated heterocycles. The highest BCUT2D eigenvalue weighted by Crippen LogP contribution is 2.28. The van der Waals surface area contributed by atoms with E-state index in [0.29, 0.717) is 6.04 Å². The molecule has 1 aliphatic heterocycles. The maximum Gasteiger partial charge on any atom is 0.141 e. The van der Waals surface area contributed by atoms with Crippen molar-refractivity contribution in [3.8, 4) is 0 Å². The van der Waals surface area contributed by atoms with Gasteiger partial charge in [-0.25, -0.2) is 4.39 Å². The van der Waals surface area contributed by atoms with Crippen molar-refractivity contribution in [2.45, 2.75) is 39.2 Å². The smallest absolute Gasteiger partial charge is 0.141 e. The lowest BCUT2D eigenvalue weighted by Gasteiger charge is -2.37. The summed E-state index contributed by atoms with van der Waals surface area (Å²) in [6.07, 6.45) is 4.84. The van der Waals surface area contributed by atoms with Gasteiger partial charge in [0.15, 0.2) is 0 Å². The van der Waals surface area contributed by atoms with Crippen LogP contribution < -0.4 is 5.32 Å². The van der Waals surface area contributed by atoms with Crippen LogP contribution in [0.15, 0.2) is 18.3 Å². The Morgan fingerprint density at radius 3 is 2.65 bits per heavy atom. The standard InChI is InChI=1S/C16H26FN3/c1-3-16(15-6-5-14(17)12-19-15)20-9-7-13(8-10-20)11-18-4-2/h5-6,12-13,16,18H,3-4,7-11H2,1-2H3. The lowest BCUT2D eigenvalue weighted by Crippen LogP contribution is -2.39. The van der Waals surface area contributed by atoms with Crippen LogP contribution >= 0.6 is 0 Å². The number of nitrogens with one attached hydrogen (secondary N) is 1. The third kappa shape index (κ3) is 4.00. The summed E-state index contributed by atoms with van der Waals surface area (Å²) in [7, 11) is 0. The largest absolute Gasteiger partial charge is 0.317 e. The Morgan fingerprint density at radius 1 is 1.35 bits per heavy atom. The minimum atomic E-state index is -0.257. The molecule has 1 atom stereocenters. The summed E-state index contributed by atoms with van der Waals surface area (Å²) in [4.78, 5) is 6.77. The molecule has 1 aliphatic rings. The third-order valence-electron chi connectivity index (χ3n) is 4.25. The summed E-state index contributed by atoms with van der Waals surface area (Å²) in [5, 5.41) is 3.44. The molecule has 2 rings (SSSR count). The highest BCUT2D eigenvalue weighted by Gasteiger charge is 2.25. The van der Waals surface area contributed by atoms with Gasteiger partial charge in [0.1, 0.15) is 5.82 Å². The van der Waals surface area contributed by atoms with Crippen LogP contribution in [0.25, 0.3) is 0 Å². The molecule has 1 aromatic rings. The number of nitrogens with zero attached hydrogens (tertiary/aromatic N) is 2. The highest BCUT2D eigenvalue weighted by molar-refractivity contribution is 5.10. The molecular formula is C16H26FN3. The molecule has 20 heavy (non-hydrogen) atoms. The van der Waals surface area contributed by atoms with Crippen LogP contribution in [-0.4, -0.2) is 36.1 Å². The Hall–Kier alpha value is -1.00. The summed E-state index contributed by atoms with van der Waals surface area (Å²) in [6.45, 7) is 8.76. The van der Waals surface area contributed by atoms with E-state index >= 15 is 0 Å². The van der Waals surface area contributed by atoms with Crippen LogP contribution in [0.2, 0.25) is 0 Å². The first kappa shape index (κ1) is 15.4. The fourth-order valence-electron chi connectivity index (χ4n) is 3.06. The van der Waals surface area contributed by atoms with Crippen molar-refractivity contribution in [2.75, 3.05) is 26.2 Å². The number of likely N-dealkylation sites (tertiary alicyclic amines) is 1. The number of hydrogen-bond donors (Lipinski definition) is 1. The minimum absolute atomic E-state index is 0.257. The molecule has 0 aliphatic carbocycles. The Morgan fingerprint density at radius 2 is 2.10 bits per heavy atom. The van der Waals surface area contributed by atoms with E-state index in [0.717, 1.165) is 44.2 Å². The SMILES string of the molecule is CCNCC1CCN(C(CC)c2ccc(F)cn2)CC1. The quantitative estimate of drug-likeness (QED) is 0.867. The molecule has 0 saturated carbocycles. The number of halogens is 1. The van der Waals surface area contributed by atoms with Crippen molar-refractivity contribution in [3.63, 3.8) is 0 Å². The second kappa shape index (κ2) is 7.70. The van der Waals surface area contributed by atoms with Crippen LogP contribution in [0.5, 0.6) is 0 Å². The summed E-state index contributed by atoms with van der Waals surface area (Å²) in [6, 6.07) is 3.67. The summed E-state index contributed by atoms with van der Waals surface area (Å²) < 4.78 is 13.0. The molecule has 0 amide bonds. The molecule has 2 heterocycles. The van der Waals surface area contributed by atoms with Gasteiger partial charge in [-0.1, -0.05) is 13.8 Å². The molecule has 0 radical (unpaired) electrons. The van der Waals surface area contributed by atoms with Crippen molar-refractivity contribution in [3.05, 3.63) is 29.8 Å². The zero-order valence-corrected chi connectivity index (χ0v) is 12.6. The molecule has 1 fully saturated rings. The van der Waals surface area contributed by atoms with Gasteiger partial charge in [0, 0.05) is 0 Å². The Labute approximate surface area is 121 Å². The second-order valence-corrected chi connectivity index (χ2v) is 5.61. The van der Waals surface area contributed by atoms with E-state index in [1.165, 1.54) is 25.1 Å². The first-order chi connectivity index (χ1) is 9.74. The lowest BCUT2D eigenvalue weighted by atomic mass is 9.94. The van der Waals surface area contributed by atoms with E-state index in [4.69, 9.17) is 0 Å².